The molecule has 0 aliphatic heterocycles. The molecule has 7 heteroatoms. The summed E-state index contributed by atoms with van der Waals surface area (Å²) in [6.45, 7) is 5.25. The van der Waals surface area contributed by atoms with Gasteiger partial charge in [-0.05, 0) is 43.5 Å². The van der Waals surface area contributed by atoms with Crippen molar-refractivity contribution in [3.63, 3.8) is 0 Å². The van der Waals surface area contributed by atoms with Gasteiger partial charge >= 0.3 is 0 Å². The first kappa shape index (κ1) is 19.0. The molecule has 6 nitrogen and oxygen atoms in total. The summed E-state index contributed by atoms with van der Waals surface area (Å²) >= 11 is 1.39. The fourth-order valence-corrected chi connectivity index (χ4v) is 3.99. The molecular formula is C22H20N4O2S. The van der Waals surface area contributed by atoms with E-state index in [1.54, 1.807) is 27.9 Å². The van der Waals surface area contributed by atoms with Crippen LogP contribution in [0.4, 0.5) is 0 Å². The molecule has 1 aromatic carbocycles. The summed E-state index contributed by atoms with van der Waals surface area (Å²) in [6, 6.07) is 12.9. The van der Waals surface area contributed by atoms with Crippen molar-refractivity contribution in [3.8, 4) is 11.3 Å². The van der Waals surface area contributed by atoms with Gasteiger partial charge in [0.25, 0.3) is 5.91 Å². The molecule has 29 heavy (non-hydrogen) atoms. The van der Waals surface area contributed by atoms with Crippen LogP contribution in [0.3, 0.4) is 0 Å². The van der Waals surface area contributed by atoms with Crippen molar-refractivity contribution in [2.75, 3.05) is 13.1 Å². The Morgan fingerprint density at radius 1 is 1.10 bits per heavy atom. The number of fused-ring (bicyclic) bond motifs is 1. The third kappa shape index (κ3) is 3.45. The number of rotatable bonds is 6. The zero-order valence-electron chi connectivity index (χ0n) is 16.2. The van der Waals surface area contributed by atoms with Crippen molar-refractivity contribution in [2.24, 2.45) is 0 Å². The Bertz CT molecular complexity index is 1180. The van der Waals surface area contributed by atoms with Gasteiger partial charge in [-0.15, -0.1) is 11.3 Å². The second-order valence-electron chi connectivity index (χ2n) is 6.49. The number of ketones is 1. The lowest BCUT2D eigenvalue weighted by atomic mass is 10.1. The van der Waals surface area contributed by atoms with Crippen LogP contribution in [0.5, 0.6) is 0 Å². The van der Waals surface area contributed by atoms with E-state index in [4.69, 9.17) is 0 Å². The molecular weight excluding hydrogens is 384 g/mol. The minimum Gasteiger partial charge on any atom is -0.339 e. The molecule has 4 aromatic rings. The summed E-state index contributed by atoms with van der Waals surface area (Å²) in [4.78, 5) is 32.3. The molecule has 3 heterocycles. The summed E-state index contributed by atoms with van der Waals surface area (Å²) in [5, 5.41) is 6.28. The van der Waals surface area contributed by atoms with Gasteiger partial charge in [0, 0.05) is 30.4 Å². The molecule has 0 saturated heterocycles. The Hall–Kier alpha value is -3.32. The first-order valence-corrected chi connectivity index (χ1v) is 10.3. The van der Waals surface area contributed by atoms with Gasteiger partial charge < -0.3 is 4.90 Å². The van der Waals surface area contributed by atoms with E-state index < -0.39 is 0 Å². The van der Waals surface area contributed by atoms with E-state index in [-0.39, 0.29) is 11.7 Å². The van der Waals surface area contributed by atoms with E-state index in [0.29, 0.717) is 34.7 Å². The highest BCUT2D eigenvalue weighted by Gasteiger charge is 2.19. The maximum atomic E-state index is 12.8. The zero-order chi connectivity index (χ0) is 20.4. The summed E-state index contributed by atoms with van der Waals surface area (Å²) in [5.74, 6) is -0.0960. The predicted octanol–water partition coefficient (Wildman–Crippen LogP) is 4.17. The molecule has 4 rings (SSSR count). The van der Waals surface area contributed by atoms with E-state index in [1.165, 1.54) is 11.3 Å². The number of nitrogens with zero attached hydrogens (tertiary/aromatic N) is 4. The number of amides is 1. The number of hydrogen-bond donors (Lipinski definition) is 0. The highest BCUT2D eigenvalue weighted by molar-refractivity contribution is 7.12. The number of hydrogen-bond acceptors (Lipinski definition) is 5. The Morgan fingerprint density at radius 2 is 1.93 bits per heavy atom. The van der Waals surface area contributed by atoms with Gasteiger partial charge in [-0.2, -0.15) is 5.10 Å². The lowest BCUT2D eigenvalue weighted by Gasteiger charge is -2.19. The molecule has 0 aliphatic carbocycles. The molecule has 0 atom stereocenters. The predicted molar refractivity (Wildman–Crippen MR) is 113 cm³/mol. The third-order valence-electron chi connectivity index (χ3n) is 4.85. The van der Waals surface area contributed by atoms with Gasteiger partial charge in [-0.25, -0.2) is 9.50 Å². The molecule has 3 aromatic heterocycles. The second-order valence-corrected chi connectivity index (χ2v) is 7.44. The molecule has 0 bridgehead atoms. The van der Waals surface area contributed by atoms with Crippen LogP contribution >= 0.6 is 11.3 Å². The van der Waals surface area contributed by atoms with Crippen molar-refractivity contribution >= 4 is 28.7 Å². The Balaban J connectivity index is 1.77. The van der Waals surface area contributed by atoms with E-state index in [9.17, 15) is 9.59 Å². The Labute approximate surface area is 172 Å². The van der Waals surface area contributed by atoms with E-state index in [1.807, 2.05) is 55.6 Å². The maximum Gasteiger partial charge on any atom is 0.253 e. The van der Waals surface area contributed by atoms with Gasteiger partial charge in [-0.3, -0.25) is 9.59 Å². The van der Waals surface area contributed by atoms with Crippen LogP contribution in [0.1, 0.15) is 39.4 Å². The van der Waals surface area contributed by atoms with E-state index in [2.05, 4.69) is 10.1 Å². The van der Waals surface area contributed by atoms with Crippen LogP contribution in [0, 0.1) is 0 Å². The largest absolute Gasteiger partial charge is 0.339 e. The summed E-state index contributed by atoms with van der Waals surface area (Å²) in [5.41, 5.74) is 3.20. The SMILES string of the molecule is CCN(CC)C(=O)c1cccc(-c2ccnc3c(C(=O)c4cccs4)cnn23)c1. The quantitative estimate of drug-likeness (QED) is 0.452. The summed E-state index contributed by atoms with van der Waals surface area (Å²) < 4.78 is 1.65. The number of carbonyl (C=O) groups excluding carboxylic acids is 2. The number of aromatic nitrogens is 3. The van der Waals surface area contributed by atoms with Gasteiger partial charge in [0.05, 0.1) is 22.3 Å². The molecule has 0 fully saturated rings. The Kier molecular flexibility index (Phi) is 5.22. The third-order valence-corrected chi connectivity index (χ3v) is 5.72. The molecule has 146 valence electrons. The zero-order valence-corrected chi connectivity index (χ0v) is 17.0. The molecule has 1 amide bonds. The van der Waals surface area contributed by atoms with Crippen LogP contribution in [-0.4, -0.2) is 44.3 Å². The molecule has 0 unspecified atom stereocenters. The van der Waals surface area contributed by atoms with E-state index >= 15 is 0 Å². The van der Waals surface area contributed by atoms with E-state index in [0.717, 1.165) is 11.3 Å². The first-order valence-electron chi connectivity index (χ1n) is 9.44. The van der Waals surface area contributed by atoms with Gasteiger partial charge in [0.1, 0.15) is 0 Å². The van der Waals surface area contributed by atoms with Crippen molar-refractivity contribution in [2.45, 2.75) is 13.8 Å². The number of benzene rings is 1. The minimum atomic E-state index is -0.0925. The second kappa shape index (κ2) is 7.97. The Morgan fingerprint density at radius 3 is 2.66 bits per heavy atom. The van der Waals surface area contributed by atoms with Crippen LogP contribution in [-0.2, 0) is 0 Å². The van der Waals surface area contributed by atoms with Crippen LogP contribution in [0.15, 0.2) is 60.2 Å². The lowest BCUT2D eigenvalue weighted by Crippen LogP contribution is -2.30. The van der Waals surface area contributed by atoms with Crippen molar-refractivity contribution < 1.29 is 9.59 Å². The smallest absolute Gasteiger partial charge is 0.253 e. The number of thiophene rings is 1. The lowest BCUT2D eigenvalue weighted by molar-refractivity contribution is 0.0773. The van der Waals surface area contributed by atoms with Gasteiger partial charge in [-0.1, -0.05) is 18.2 Å². The van der Waals surface area contributed by atoms with Gasteiger partial charge in [0.15, 0.2) is 5.65 Å². The highest BCUT2D eigenvalue weighted by atomic mass is 32.1. The van der Waals surface area contributed by atoms with Crippen molar-refractivity contribution in [3.05, 3.63) is 76.2 Å². The van der Waals surface area contributed by atoms with Crippen LogP contribution in [0.2, 0.25) is 0 Å². The average Bonchev–Trinajstić information content (AvgIpc) is 3.44. The topological polar surface area (TPSA) is 67.6 Å². The summed E-state index contributed by atoms with van der Waals surface area (Å²) in [6.07, 6.45) is 3.22. The molecule has 0 radical (unpaired) electrons. The molecule has 0 spiro atoms. The standard InChI is InChI=1S/C22H20N4O2S/c1-3-25(4-2)22(28)16-8-5-7-15(13-16)18-10-11-23-21-17(14-24-26(18)21)20(27)19-9-6-12-29-19/h5-14H,3-4H2,1-2H3. The molecule has 0 saturated carbocycles. The van der Waals surface area contributed by atoms with Crippen LogP contribution < -0.4 is 0 Å². The first-order chi connectivity index (χ1) is 14.1. The normalized spacial score (nSPS) is 11.0. The molecule has 0 aliphatic rings. The fraction of sp³-hybridized carbons (Fsp3) is 0.182. The average molecular weight is 404 g/mol. The van der Waals surface area contributed by atoms with Crippen molar-refractivity contribution in [1.82, 2.24) is 19.5 Å². The highest BCUT2D eigenvalue weighted by Crippen LogP contribution is 2.24. The number of carbonyl (C=O) groups is 2. The monoisotopic (exact) mass is 404 g/mol. The van der Waals surface area contributed by atoms with Gasteiger partial charge in [0.2, 0.25) is 5.78 Å². The van der Waals surface area contributed by atoms with Crippen molar-refractivity contribution in [1.29, 1.82) is 0 Å². The maximum absolute atomic E-state index is 12.8. The molecule has 0 N–H and O–H groups in total. The fourth-order valence-electron chi connectivity index (χ4n) is 3.32. The minimum absolute atomic E-state index is 0.00354. The summed E-state index contributed by atoms with van der Waals surface area (Å²) in [7, 11) is 0. The van der Waals surface area contributed by atoms with Crippen LogP contribution in [0.25, 0.3) is 16.9 Å².